The number of likely N-dealkylation sites (tertiary alicyclic amines) is 1. The average Bonchev–Trinajstić information content (AvgIpc) is 3.31. The second-order valence-corrected chi connectivity index (χ2v) is 8.08. The first kappa shape index (κ1) is 21.8. The summed E-state index contributed by atoms with van der Waals surface area (Å²) in [7, 11) is 0. The lowest BCUT2D eigenvalue weighted by Crippen LogP contribution is -2.34. The molecule has 0 radical (unpaired) electrons. The van der Waals surface area contributed by atoms with Crippen LogP contribution in [0.5, 0.6) is 11.5 Å². The third kappa shape index (κ3) is 5.07. The minimum atomic E-state index is -4.36. The highest BCUT2D eigenvalue weighted by Gasteiger charge is 2.32. The minimum Gasteiger partial charge on any atom is -0.454 e. The van der Waals surface area contributed by atoms with Gasteiger partial charge in [-0.25, -0.2) is 0 Å². The predicted molar refractivity (Wildman–Crippen MR) is 109 cm³/mol. The minimum absolute atomic E-state index is 0.0312. The Morgan fingerprint density at radius 1 is 1.13 bits per heavy atom. The van der Waals surface area contributed by atoms with Gasteiger partial charge in [-0.05, 0) is 48.7 Å². The van der Waals surface area contributed by atoms with Gasteiger partial charge >= 0.3 is 6.18 Å². The monoisotopic (exact) mass is 454 g/mol. The molecule has 0 bridgehead atoms. The molecule has 2 aromatic rings. The highest BCUT2D eigenvalue weighted by molar-refractivity contribution is 6.31. The Balaban J connectivity index is 1.30. The Kier molecular flexibility index (Phi) is 6.29. The smallest absolute Gasteiger partial charge is 0.416 e. The van der Waals surface area contributed by atoms with Gasteiger partial charge in [-0.1, -0.05) is 23.7 Å². The number of halogens is 4. The molecule has 31 heavy (non-hydrogen) atoms. The summed E-state index contributed by atoms with van der Waals surface area (Å²) in [5, 5.41) is 3.93. The maximum atomic E-state index is 12.7. The molecule has 2 aliphatic heterocycles. The maximum absolute atomic E-state index is 12.7. The lowest BCUT2D eigenvalue weighted by molar-refractivity contribution is -0.137. The number of hydrogen-bond donors (Lipinski definition) is 1. The van der Waals surface area contributed by atoms with E-state index < -0.39 is 11.7 Å². The molecule has 1 amide bonds. The number of hydrogen-bond acceptors (Lipinski definition) is 4. The number of amides is 1. The van der Waals surface area contributed by atoms with Gasteiger partial charge in [0.25, 0.3) is 0 Å². The van der Waals surface area contributed by atoms with Crippen molar-refractivity contribution in [3.8, 4) is 11.5 Å². The van der Waals surface area contributed by atoms with Gasteiger partial charge in [0, 0.05) is 36.6 Å². The number of fused-ring (bicyclic) bond motifs is 1. The molecule has 9 heteroatoms. The number of nitrogens with one attached hydrogen (secondary N) is 1. The molecule has 2 heterocycles. The summed E-state index contributed by atoms with van der Waals surface area (Å²) in [6.45, 7) is 1.73. The van der Waals surface area contributed by atoms with Crippen LogP contribution in [0.1, 0.15) is 36.0 Å². The van der Waals surface area contributed by atoms with E-state index in [1.165, 1.54) is 12.1 Å². The summed E-state index contributed by atoms with van der Waals surface area (Å²) in [5.41, 5.74) is 0.898. The number of nitrogens with zero attached hydrogens (tertiary/aromatic N) is 1. The molecule has 0 aliphatic carbocycles. The highest BCUT2D eigenvalue weighted by atomic mass is 35.5. The number of rotatable bonds is 7. The molecule has 2 aliphatic rings. The van der Waals surface area contributed by atoms with Gasteiger partial charge in [0.15, 0.2) is 11.5 Å². The van der Waals surface area contributed by atoms with Crippen molar-refractivity contribution in [1.29, 1.82) is 0 Å². The van der Waals surface area contributed by atoms with Crippen LogP contribution >= 0.6 is 11.6 Å². The van der Waals surface area contributed by atoms with E-state index in [9.17, 15) is 18.0 Å². The Labute approximate surface area is 183 Å². The van der Waals surface area contributed by atoms with Crippen molar-refractivity contribution in [2.75, 3.05) is 13.3 Å². The molecule has 0 unspecified atom stereocenters. The summed E-state index contributed by atoms with van der Waals surface area (Å²) in [6, 6.07) is 8.63. The van der Waals surface area contributed by atoms with Gasteiger partial charge in [-0.2, -0.15) is 13.2 Å². The summed E-state index contributed by atoms with van der Waals surface area (Å²) in [5.74, 6) is 1.34. The first-order valence-electron chi connectivity index (χ1n) is 10.1. The van der Waals surface area contributed by atoms with Crippen molar-refractivity contribution in [3.63, 3.8) is 0 Å². The van der Waals surface area contributed by atoms with E-state index in [1.54, 1.807) is 11.0 Å². The molecule has 1 N–H and O–H groups in total. The number of carbonyl (C=O) groups is 1. The molecular formula is C22H22ClF3N2O3. The van der Waals surface area contributed by atoms with Gasteiger partial charge in [-0.15, -0.1) is 0 Å². The maximum Gasteiger partial charge on any atom is 0.416 e. The molecule has 4 rings (SSSR count). The van der Waals surface area contributed by atoms with Crippen molar-refractivity contribution >= 4 is 17.5 Å². The quantitative estimate of drug-likeness (QED) is 0.613. The Morgan fingerprint density at radius 3 is 2.55 bits per heavy atom. The zero-order valence-electron chi connectivity index (χ0n) is 16.7. The molecular weight excluding hydrogens is 433 g/mol. The van der Waals surface area contributed by atoms with E-state index in [2.05, 4.69) is 5.32 Å². The van der Waals surface area contributed by atoms with E-state index >= 15 is 0 Å². The summed E-state index contributed by atoms with van der Waals surface area (Å²) < 4.78 is 48.9. The average molecular weight is 455 g/mol. The lowest BCUT2D eigenvalue weighted by Gasteiger charge is -2.25. The largest absolute Gasteiger partial charge is 0.454 e. The van der Waals surface area contributed by atoms with Gasteiger partial charge < -0.3 is 19.7 Å². The van der Waals surface area contributed by atoms with Crippen molar-refractivity contribution in [2.24, 2.45) is 0 Å². The van der Waals surface area contributed by atoms with Crippen LogP contribution in [0.25, 0.3) is 0 Å². The second kappa shape index (κ2) is 8.96. The molecule has 1 fully saturated rings. The standard InChI is InChI=1S/C22H22ClF3N2O3/c23-18-10-20-19(30-13-31-20)9-15(18)11-27-8-7-17-5-6-21(29)28(17)12-14-1-3-16(4-2-14)22(24,25)26/h1-4,9-10,17,27H,5-8,11-13H2/t17-/m1/s1. The first-order chi connectivity index (χ1) is 14.8. The molecule has 0 spiro atoms. The van der Waals surface area contributed by atoms with Crippen LogP contribution in [0.15, 0.2) is 36.4 Å². The fraction of sp³-hybridized carbons (Fsp3) is 0.409. The molecule has 0 aromatic heterocycles. The van der Waals surface area contributed by atoms with Gasteiger partial charge in [0.05, 0.1) is 5.56 Å². The number of carbonyl (C=O) groups excluding carboxylic acids is 1. The number of alkyl halides is 3. The van der Waals surface area contributed by atoms with Crippen LogP contribution in [0.4, 0.5) is 13.2 Å². The number of ether oxygens (including phenoxy) is 2. The summed E-state index contributed by atoms with van der Waals surface area (Å²) in [4.78, 5) is 14.1. The van der Waals surface area contributed by atoms with Crippen molar-refractivity contribution in [2.45, 2.75) is 44.6 Å². The van der Waals surface area contributed by atoms with Crippen LogP contribution in [0.2, 0.25) is 5.02 Å². The zero-order chi connectivity index (χ0) is 22.0. The molecule has 1 saturated heterocycles. The van der Waals surface area contributed by atoms with Gasteiger partial charge in [0.2, 0.25) is 12.7 Å². The molecule has 1 atom stereocenters. The van der Waals surface area contributed by atoms with E-state index in [-0.39, 0.29) is 18.7 Å². The number of benzene rings is 2. The molecule has 5 nitrogen and oxygen atoms in total. The third-order valence-corrected chi connectivity index (χ3v) is 5.95. The zero-order valence-corrected chi connectivity index (χ0v) is 17.4. The Hall–Kier alpha value is -2.45. The Bertz CT molecular complexity index is 950. The highest BCUT2D eigenvalue weighted by Crippen LogP contribution is 2.36. The fourth-order valence-electron chi connectivity index (χ4n) is 3.89. The fourth-order valence-corrected chi connectivity index (χ4v) is 4.11. The molecule has 166 valence electrons. The topological polar surface area (TPSA) is 50.8 Å². The molecule has 0 saturated carbocycles. The van der Waals surface area contributed by atoms with E-state index in [0.717, 1.165) is 30.5 Å². The first-order valence-corrected chi connectivity index (χ1v) is 10.4. The van der Waals surface area contributed by atoms with Crippen LogP contribution in [-0.4, -0.2) is 30.2 Å². The van der Waals surface area contributed by atoms with Crippen LogP contribution in [-0.2, 0) is 24.1 Å². The predicted octanol–water partition coefficient (Wildman–Crippen LogP) is 4.76. The van der Waals surface area contributed by atoms with Gasteiger partial charge in [-0.3, -0.25) is 4.79 Å². The van der Waals surface area contributed by atoms with Crippen molar-refractivity contribution < 1.29 is 27.4 Å². The lowest BCUT2D eigenvalue weighted by atomic mass is 10.1. The normalized spacial score (nSPS) is 18.1. The Morgan fingerprint density at radius 2 is 1.84 bits per heavy atom. The SMILES string of the molecule is O=C1CC[C@H](CCNCc2cc3c(cc2Cl)OCO3)N1Cc1ccc(C(F)(F)F)cc1. The third-order valence-electron chi connectivity index (χ3n) is 5.60. The van der Waals surface area contributed by atoms with E-state index in [1.807, 2.05) is 6.07 Å². The molecule has 2 aromatic carbocycles. The van der Waals surface area contributed by atoms with Crippen molar-refractivity contribution in [3.05, 3.63) is 58.1 Å². The van der Waals surface area contributed by atoms with E-state index in [4.69, 9.17) is 21.1 Å². The van der Waals surface area contributed by atoms with Crippen LogP contribution in [0, 0.1) is 0 Å². The van der Waals surface area contributed by atoms with Gasteiger partial charge in [0.1, 0.15) is 0 Å². The van der Waals surface area contributed by atoms with Crippen molar-refractivity contribution in [1.82, 2.24) is 10.2 Å². The summed E-state index contributed by atoms with van der Waals surface area (Å²) >= 11 is 6.29. The van der Waals surface area contributed by atoms with Crippen LogP contribution in [0.3, 0.4) is 0 Å². The summed E-state index contributed by atoms with van der Waals surface area (Å²) in [6.07, 6.45) is -2.42. The van der Waals surface area contributed by atoms with E-state index in [0.29, 0.717) is 48.1 Å². The second-order valence-electron chi connectivity index (χ2n) is 7.67. The van der Waals surface area contributed by atoms with Crippen LogP contribution < -0.4 is 14.8 Å².